The van der Waals surface area contributed by atoms with Crippen molar-refractivity contribution in [2.75, 3.05) is 13.2 Å². The minimum absolute atomic E-state index is 0.118. The van der Waals surface area contributed by atoms with Crippen molar-refractivity contribution >= 4 is 11.0 Å². The third-order valence-corrected chi connectivity index (χ3v) is 3.25. The largest absolute Gasteiger partial charge is 0.394 e. The van der Waals surface area contributed by atoms with E-state index in [4.69, 9.17) is 0 Å². The summed E-state index contributed by atoms with van der Waals surface area (Å²) in [6, 6.07) is 7.92. The topological polar surface area (TPSA) is 70.3 Å². The van der Waals surface area contributed by atoms with Crippen LogP contribution in [0.1, 0.15) is 12.7 Å². The molecule has 3 N–H and O–H groups in total. The first kappa shape index (κ1) is 13.0. The zero-order chi connectivity index (χ0) is 13.2. The van der Waals surface area contributed by atoms with Crippen LogP contribution in [0.15, 0.2) is 24.3 Å². The third kappa shape index (κ3) is 2.38. The fourth-order valence-corrected chi connectivity index (χ4v) is 1.81. The van der Waals surface area contributed by atoms with E-state index < -0.39 is 5.54 Å². The number of hydrogen-bond donors (Lipinski definition) is 3. The molecular formula is C13H19N3O2. The average Bonchev–Trinajstić information content (AvgIpc) is 2.73. The molecule has 5 heteroatoms. The van der Waals surface area contributed by atoms with Crippen molar-refractivity contribution in [1.82, 2.24) is 14.9 Å². The highest BCUT2D eigenvalue weighted by Crippen LogP contribution is 2.14. The highest BCUT2D eigenvalue weighted by atomic mass is 16.3. The standard InChI is InChI=1S/C13H19N3O2/c1-13(8-17,9-18)14-7-12-15-10-5-3-4-6-11(10)16(12)2/h3-6,14,17-18H,7-9H2,1-2H3. The van der Waals surface area contributed by atoms with Gasteiger partial charge in [-0.05, 0) is 19.1 Å². The molecule has 0 amide bonds. The molecule has 0 fully saturated rings. The van der Waals surface area contributed by atoms with E-state index in [9.17, 15) is 10.2 Å². The zero-order valence-electron chi connectivity index (χ0n) is 10.7. The quantitative estimate of drug-likeness (QED) is 0.717. The van der Waals surface area contributed by atoms with Crippen molar-refractivity contribution < 1.29 is 10.2 Å². The molecule has 1 aromatic carbocycles. The normalized spacial score (nSPS) is 12.2. The van der Waals surface area contributed by atoms with Gasteiger partial charge in [-0.2, -0.15) is 0 Å². The van der Waals surface area contributed by atoms with E-state index in [2.05, 4.69) is 10.3 Å². The fraction of sp³-hybridized carbons (Fsp3) is 0.462. The SMILES string of the molecule is Cn1c(CNC(C)(CO)CO)nc2ccccc21. The number of rotatable bonds is 5. The fourth-order valence-electron chi connectivity index (χ4n) is 1.81. The van der Waals surface area contributed by atoms with Gasteiger partial charge in [0, 0.05) is 7.05 Å². The van der Waals surface area contributed by atoms with Crippen molar-refractivity contribution in [3.8, 4) is 0 Å². The number of fused-ring (bicyclic) bond motifs is 1. The number of nitrogens with zero attached hydrogens (tertiary/aromatic N) is 2. The molecule has 0 saturated heterocycles. The molecule has 0 bridgehead atoms. The molecule has 5 nitrogen and oxygen atoms in total. The van der Waals surface area contributed by atoms with Gasteiger partial charge in [-0.25, -0.2) is 4.98 Å². The first-order chi connectivity index (χ1) is 8.59. The lowest BCUT2D eigenvalue weighted by Gasteiger charge is -2.26. The minimum Gasteiger partial charge on any atom is -0.394 e. The number of aliphatic hydroxyl groups excluding tert-OH is 2. The summed E-state index contributed by atoms with van der Waals surface area (Å²) in [5, 5.41) is 21.6. The Hall–Kier alpha value is -1.43. The Morgan fingerprint density at radius 1 is 1.28 bits per heavy atom. The monoisotopic (exact) mass is 249 g/mol. The molecule has 2 aromatic rings. The molecule has 0 atom stereocenters. The van der Waals surface area contributed by atoms with Crippen LogP contribution in [0.5, 0.6) is 0 Å². The Morgan fingerprint density at radius 2 is 1.94 bits per heavy atom. The van der Waals surface area contributed by atoms with Crippen LogP contribution in [-0.2, 0) is 13.6 Å². The van der Waals surface area contributed by atoms with E-state index in [1.807, 2.05) is 35.9 Å². The van der Waals surface area contributed by atoms with Gasteiger partial charge in [0.1, 0.15) is 5.82 Å². The molecule has 1 aromatic heterocycles. The maximum absolute atomic E-state index is 9.22. The Kier molecular flexibility index (Phi) is 3.65. The number of hydrogen-bond acceptors (Lipinski definition) is 4. The molecule has 0 aliphatic carbocycles. The molecule has 0 aliphatic heterocycles. The van der Waals surface area contributed by atoms with Crippen LogP contribution >= 0.6 is 0 Å². The Bertz CT molecular complexity index is 532. The van der Waals surface area contributed by atoms with Crippen molar-refractivity contribution in [2.45, 2.75) is 19.0 Å². The summed E-state index contributed by atoms with van der Waals surface area (Å²) < 4.78 is 2.01. The second-order valence-electron chi connectivity index (χ2n) is 4.81. The van der Waals surface area contributed by atoms with Crippen LogP contribution in [0.4, 0.5) is 0 Å². The van der Waals surface area contributed by atoms with E-state index >= 15 is 0 Å². The Balaban J connectivity index is 2.20. The number of para-hydroxylation sites is 2. The first-order valence-electron chi connectivity index (χ1n) is 5.97. The smallest absolute Gasteiger partial charge is 0.123 e. The number of imidazole rings is 1. The van der Waals surface area contributed by atoms with Crippen LogP contribution in [-0.4, -0.2) is 38.5 Å². The summed E-state index contributed by atoms with van der Waals surface area (Å²) >= 11 is 0. The van der Waals surface area contributed by atoms with Gasteiger partial charge >= 0.3 is 0 Å². The molecule has 2 rings (SSSR count). The molecule has 18 heavy (non-hydrogen) atoms. The Labute approximate surface area is 106 Å². The van der Waals surface area contributed by atoms with E-state index in [1.54, 1.807) is 6.92 Å². The van der Waals surface area contributed by atoms with Gasteiger partial charge < -0.3 is 20.1 Å². The van der Waals surface area contributed by atoms with Crippen molar-refractivity contribution in [1.29, 1.82) is 0 Å². The van der Waals surface area contributed by atoms with Crippen molar-refractivity contribution in [3.05, 3.63) is 30.1 Å². The van der Waals surface area contributed by atoms with Gasteiger partial charge in [0.15, 0.2) is 0 Å². The molecule has 0 spiro atoms. The molecule has 1 heterocycles. The van der Waals surface area contributed by atoms with Gasteiger partial charge in [0.05, 0.1) is 36.3 Å². The van der Waals surface area contributed by atoms with E-state index in [-0.39, 0.29) is 13.2 Å². The summed E-state index contributed by atoms with van der Waals surface area (Å²) in [7, 11) is 1.96. The number of aromatic nitrogens is 2. The summed E-state index contributed by atoms with van der Waals surface area (Å²) in [5.74, 6) is 0.879. The number of aryl methyl sites for hydroxylation is 1. The van der Waals surface area contributed by atoms with Gasteiger partial charge in [0.25, 0.3) is 0 Å². The lowest BCUT2D eigenvalue weighted by molar-refractivity contribution is 0.102. The predicted molar refractivity (Wildman–Crippen MR) is 70.1 cm³/mol. The lowest BCUT2D eigenvalue weighted by Crippen LogP contribution is -2.48. The van der Waals surface area contributed by atoms with Crippen LogP contribution in [0.25, 0.3) is 11.0 Å². The van der Waals surface area contributed by atoms with Crippen LogP contribution in [0.3, 0.4) is 0 Å². The highest BCUT2D eigenvalue weighted by molar-refractivity contribution is 5.75. The molecule has 98 valence electrons. The molecular weight excluding hydrogens is 230 g/mol. The minimum atomic E-state index is -0.682. The second kappa shape index (κ2) is 5.06. The highest BCUT2D eigenvalue weighted by Gasteiger charge is 2.22. The maximum Gasteiger partial charge on any atom is 0.123 e. The summed E-state index contributed by atoms with van der Waals surface area (Å²) in [4.78, 5) is 4.52. The second-order valence-corrected chi connectivity index (χ2v) is 4.81. The lowest BCUT2D eigenvalue weighted by atomic mass is 10.1. The number of nitrogens with one attached hydrogen (secondary N) is 1. The zero-order valence-corrected chi connectivity index (χ0v) is 10.7. The number of benzene rings is 1. The van der Waals surface area contributed by atoms with E-state index in [0.29, 0.717) is 6.54 Å². The number of aliphatic hydroxyl groups is 2. The summed E-state index contributed by atoms with van der Waals surface area (Å²) in [5.41, 5.74) is 1.34. The van der Waals surface area contributed by atoms with Gasteiger partial charge in [-0.3, -0.25) is 0 Å². The maximum atomic E-state index is 9.22. The Morgan fingerprint density at radius 3 is 2.56 bits per heavy atom. The average molecular weight is 249 g/mol. The molecule has 0 unspecified atom stereocenters. The van der Waals surface area contributed by atoms with Crippen LogP contribution in [0, 0.1) is 0 Å². The van der Waals surface area contributed by atoms with Gasteiger partial charge in [-0.15, -0.1) is 0 Å². The van der Waals surface area contributed by atoms with E-state index in [0.717, 1.165) is 16.9 Å². The van der Waals surface area contributed by atoms with Gasteiger partial charge in [0.2, 0.25) is 0 Å². The van der Waals surface area contributed by atoms with Crippen molar-refractivity contribution in [3.63, 3.8) is 0 Å². The van der Waals surface area contributed by atoms with Crippen LogP contribution < -0.4 is 5.32 Å². The van der Waals surface area contributed by atoms with Gasteiger partial charge in [-0.1, -0.05) is 12.1 Å². The van der Waals surface area contributed by atoms with Crippen LogP contribution in [0.2, 0.25) is 0 Å². The predicted octanol–water partition coefficient (Wildman–Crippen LogP) is 0.406. The molecule has 0 aliphatic rings. The van der Waals surface area contributed by atoms with Crippen molar-refractivity contribution in [2.24, 2.45) is 7.05 Å². The summed E-state index contributed by atoms with van der Waals surface area (Å²) in [6.45, 7) is 2.04. The third-order valence-electron chi connectivity index (χ3n) is 3.25. The first-order valence-corrected chi connectivity index (χ1v) is 5.97. The molecule has 0 radical (unpaired) electrons. The molecule has 0 saturated carbocycles. The van der Waals surface area contributed by atoms with E-state index in [1.165, 1.54) is 0 Å². The summed E-state index contributed by atoms with van der Waals surface area (Å²) in [6.07, 6.45) is 0.